The number of carbonyl (C=O) groups excluding carboxylic acids is 1. The van der Waals surface area contributed by atoms with Crippen molar-refractivity contribution in [2.45, 2.75) is 46.3 Å². The van der Waals surface area contributed by atoms with Gasteiger partial charge in [-0.05, 0) is 55.9 Å². The van der Waals surface area contributed by atoms with Crippen LogP contribution in [0.2, 0.25) is 0 Å². The van der Waals surface area contributed by atoms with Gasteiger partial charge < -0.3 is 10.1 Å². The first-order valence-corrected chi connectivity index (χ1v) is 6.54. The number of hydrogen-bond donors (Lipinski definition) is 1. The SMILES string of the molecule is Cc1cc(C)c(CNC(=O)C2CCCO2)cc1C. The first-order valence-electron chi connectivity index (χ1n) is 6.54. The summed E-state index contributed by atoms with van der Waals surface area (Å²) in [5.74, 6) is 0.0186. The van der Waals surface area contributed by atoms with Crippen molar-refractivity contribution in [3.05, 3.63) is 34.4 Å². The summed E-state index contributed by atoms with van der Waals surface area (Å²) in [7, 11) is 0. The summed E-state index contributed by atoms with van der Waals surface area (Å²) in [5, 5.41) is 2.96. The van der Waals surface area contributed by atoms with E-state index in [-0.39, 0.29) is 12.0 Å². The predicted molar refractivity (Wildman–Crippen MR) is 71.5 cm³/mol. The van der Waals surface area contributed by atoms with Gasteiger partial charge in [-0.1, -0.05) is 12.1 Å². The molecule has 1 unspecified atom stereocenters. The van der Waals surface area contributed by atoms with Crippen LogP contribution in [-0.4, -0.2) is 18.6 Å². The quantitative estimate of drug-likeness (QED) is 0.890. The Labute approximate surface area is 109 Å². The summed E-state index contributed by atoms with van der Waals surface area (Å²) in [4.78, 5) is 11.8. The minimum Gasteiger partial charge on any atom is -0.368 e. The summed E-state index contributed by atoms with van der Waals surface area (Å²) in [5.41, 5.74) is 4.97. The Hall–Kier alpha value is -1.35. The summed E-state index contributed by atoms with van der Waals surface area (Å²) in [6, 6.07) is 4.32. The van der Waals surface area contributed by atoms with Gasteiger partial charge in [0.2, 0.25) is 5.91 Å². The first-order chi connectivity index (χ1) is 8.58. The summed E-state index contributed by atoms with van der Waals surface area (Å²) >= 11 is 0. The monoisotopic (exact) mass is 247 g/mol. The van der Waals surface area contributed by atoms with Gasteiger partial charge >= 0.3 is 0 Å². The highest BCUT2D eigenvalue weighted by atomic mass is 16.5. The van der Waals surface area contributed by atoms with Gasteiger partial charge in [-0.2, -0.15) is 0 Å². The van der Waals surface area contributed by atoms with Crippen LogP contribution in [0.25, 0.3) is 0 Å². The lowest BCUT2D eigenvalue weighted by molar-refractivity contribution is -0.130. The van der Waals surface area contributed by atoms with Gasteiger partial charge in [0.05, 0.1) is 0 Å². The maximum Gasteiger partial charge on any atom is 0.249 e. The largest absolute Gasteiger partial charge is 0.368 e. The fourth-order valence-electron chi connectivity index (χ4n) is 2.29. The second-order valence-corrected chi connectivity index (χ2v) is 5.08. The van der Waals surface area contributed by atoms with Crippen LogP contribution >= 0.6 is 0 Å². The zero-order chi connectivity index (χ0) is 13.1. The molecule has 0 bridgehead atoms. The third-order valence-corrected chi connectivity index (χ3v) is 3.63. The molecule has 1 aromatic carbocycles. The number of nitrogens with one attached hydrogen (secondary N) is 1. The van der Waals surface area contributed by atoms with Gasteiger partial charge in [0.25, 0.3) is 0 Å². The van der Waals surface area contributed by atoms with E-state index in [1.165, 1.54) is 22.3 Å². The normalized spacial score (nSPS) is 18.9. The predicted octanol–water partition coefficient (Wildman–Crippen LogP) is 2.41. The molecule has 3 nitrogen and oxygen atoms in total. The molecule has 1 atom stereocenters. The van der Waals surface area contributed by atoms with E-state index in [0.717, 1.165) is 12.8 Å². The van der Waals surface area contributed by atoms with Gasteiger partial charge in [0, 0.05) is 13.2 Å². The van der Waals surface area contributed by atoms with E-state index in [9.17, 15) is 4.79 Å². The number of amides is 1. The molecule has 1 saturated heterocycles. The Morgan fingerprint density at radius 2 is 2.00 bits per heavy atom. The molecule has 0 spiro atoms. The molecule has 1 fully saturated rings. The molecule has 1 aliphatic rings. The zero-order valence-electron chi connectivity index (χ0n) is 11.4. The van der Waals surface area contributed by atoms with Crippen LogP contribution in [0.4, 0.5) is 0 Å². The smallest absolute Gasteiger partial charge is 0.249 e. The van der Waals surface area contributed by atoms with Crippen LogP contribution in [-0.2, 0) is 16.1 Å². The van der Waals surface area contributed by atoms with E-state index in [1.54, 1.807) is 0 Å². The van der Waals surface area contributed by atoms with E-state index in [0.29, 0.717) is 13.2 Å². The average molecular weight is 247 g/mol. The maximum atomic E-state index is 11.8. The Morgan fingerprint density at radius 1 is 1.28 bits per heavy atom. The van der Waals surface area contributed by atoms with Crippen molar-refractivity contribution in [2.24, 2.45) is 0 Å². The molecule has 0 aliphatic carbocycles. The Balaban J connectivity index is 1.97. The topological polar surface area (TPSA) is 38.3 Å². The van der Waals surface area contributed by atoms with E-state index >= 15 is 0 Å². The van der Waals surface area contributed by atoms with E-state index in [4.69, 9.17) is 4.74 Å². The molecule has 1 aliphatic heterocycles. The Morgan fingerprint density at radius 3 is 2.67 bits per heavy atom. The van der Waals surface area contributed by atoms with Crippen LogP contribution in [0.3, 0.4) is 0 Å². The Bertz CT molecular complexity index is 448. The van der Waals surface area contributed by atoms with Crippen molar-refractivity contribution in [3.8, 4) is 0 Å². The third-order valence-electron chi connectivity index (χ3n) is 3.63. The maximum absolute atomic E-state index is 11.8. The first kappa shape index (κ1) is 13.1. The van der Waals surface area contributed by atoms with Gasteiger partial charge in [-0.3, -0.25) is 4.79 Å². The number of carbonyl (C=O) groups is 1. The number of hydrogen-bond acceptors (Lipinski definition) is 2. The average Bonchev–Trinajstić information content (AvgIpc) is 2.85. The van der Waals surface area contributed by atoms with Crippen molar-refractivity contribution in [1.29, 1.82) is 0 Å². The van der Waals surface area contributed by atoms with Crippen molar-refractivity contribution < 1.29 is 9.53 Å². The molecule has 1 N–H and O–H groups in total. The molecule has 3 heteroatoms. The second kappa shape index (κ2) is 5.53. The lowest BCUT2D eigenvalue weighted by atomic mass is 10.0. The molecule has 0 radical (unpaired) electrons. The molecule has 18 heavy (non-hydrogen) atoms. The van der Waals surface area contributed by atoms with Crippen LogP contribution in [0.1, 0.15) is 35.1 Å². The lowest BCUT2D eigenvalue weighted by Gasteiger charge is -2.13. The number of rotatable bonds is 3. The fraction of sp³-hybridized carbons (Fsp3) is 0.533. The number of aryl methyl sites for hydroxylation is 3. The van der Waals surface area contributed by atoms with Crippen LogP contribution in [0, 0.1) is 20.8 Å². The van der Waals surface area contributed by atoms with Crippen molar-refractivity contribution in [2.75, 3.05) is 6.61 Å². The molecule has 0 saturated carbocycles. The highest BCUT2D eigenvalue weighted by Crippen LogP contribution is 2.16. The van der Waals surface area contributed by atoms with E-state index in [2.05, 4.69) is 38.2 Å². The third kappa shape index (κ3) is 2.91. The standard InChI is InChI=1S/C15H21NO2/c1-10-7-12(3)13(8-11(10)2)9-16-15(17)14-5-4-6-18-14/h7-8,14H,4-6,9H2,1-3H3,(H,16,17). The molecule has 1 amide bonds. The number of ether oxygens (including phenoxy) is 1. The molecule has 98 valence electrons. The minimum absolute atomic E-state index is 0.0186. The van der Waals surface area contributed by atoms with Crippen molar-refractivity contribution in [1.82, 2.24) is 5.32 Å². The molecular formula is C15H21NO2. The van der Waals surface area contributed by atoms with Gasteiger partial charge in [-0.25, -0.2) is 0 Å². The molecular weight excluding hydrogens is 226 g/mol. The zero-order valence-corrected chi connectivity index (χ0v) is 11.4. The Kier molecular flexibility index (Phi) is 4.02. The molecule has 1 aromatic rings. The fourth-order valence-corrected chi connectivity index (χ4v) is 2.29. The van der Waals surface area contributed by atoms with Crippen LogP contribution in [0.15, 0.2) is 12.1 Å². The number of benzene rings is 1. The highest BCUT2D eigenvalue weighted by molar-refractivity contribution is 5.80. The van der Waals surface area contributed by atoms with Crippen LogP contribution < -0.4 is 5.32 Å². The summed E-state index contributed by atoms with van der Waals surface area (Å²) < 4.78 is 5.36. The highest BCUT2D eigenvalue weighted by Gasteiger charge is 2.23. The molecule has 1 heterocycles. The van der Waals surface area contributed by atoms with Gasteiger partial charge in [0.15, 0.2) is 0 Å². The molecule has 2 rings (SSSR count). The lowest BCUT2D eigenvalue weighted by Crippen LogP contribution is -2.33. The van der Waals surface area contributed by atoms with Crippen molar-refractivity contribution in [3.63, 3.8) is 0 Å². The second-order valence-electron chi connectivity index (χ2n) is 5.08. The summed E-state index contributed by atoms with van der Waals surface area (Å²) in [6.45, 7) is 7.59. The van der Waals surface area contributed by atoms with E-state index < -0.39 is 0 Å². The van der Waals surface area contributed by atoms with Gasteiger partial charge in [0.1, 0.15) is 6.10 Å². The summed E-state index contributed by atoms with van der Waals surface area (Å²) in [6.07, 6.45) is 1.59. The van der Waals surface area contributed by atoms with E-state index in [1.807, 2.05) is 0 Å². The van der Waals surface area contributed by atoms with Gasteiger partial charge in [-0.15, -0.1) is 0 Å². The molecule has 0 aromatic heterocycles. The minimum atomic E-state index is -0.239. The van der Waals surface area contributed by atoms with Crippen molar-refractivity contribution >= 4 is 5.91 Å². The van der Waals surface area contributed by atoms with Crippen LogP contribution in [0.5, 0.6) is 0 Å².